The Labute approximate surface area is 124 Å². The average molecular weight is 274 g/mol. The molecule has 2 rings (SSSR count). The van der Waals surface area contributed by atoms with E-state index in [-0.39, 0.29) is 0 Å². The Morgan fingerprint density at radius 1 is 0.900 bits per heavy atom. The smallest absolute Gasteiger partial charge is 0.0367 e. The highest BCUT2D eigenvalue weighted by molar-refractivity contribution is 5.55. The minimum atomic E-state index is 0.676. The topological polar surface area (TPSA) is 15.3 Å². The molecular formula is C18H30N2. The summed E-state index contributed by atoms with van der Waals surface area (Å²) < 4.78 is 0. The van der Waals surface area contributed by atoms with Crippen molar-refractivity contribution >= 4 is 11.4 Å². The highest BCUT2D eigenvalue weighted by Gasteiger charge is 2.11. The molecule has 0 heterocycles. The molecule has 0 unspecified atom stereocenters. The van der Waals surface area contributed by atoms with Crippen LogP contribution in [0.5, 0.6) is 0 Å². The molecule has 2 nitrogen and oxygen atoms in total. The fourth-order valence-electron chi connectivity index (χ4n) is 3.19. The third-order valence-electron chi connectivity index (χ3n) is 4.47. The van der Waals surface area contributed by atoms with E-state index in [0.717, 1.165) is 13.1 Å². The van der Waals surface area contributed by atoms with Crippen molar-refractivity contribution in [2.24, 2.45) is 0 Å². The summed E-state index contributed by atoms with van der Waals surface area (Å²) in [7, 11) is 0. The van der Waals surface area contributed by atoms with Gasteiger partial charge in [0.15, 0.2) is 0 Å². The van der Waals surface area contributed by atoms with E-state index in [2.05, 4.69) is 48.3 Å². The summed E-state index contributed by atoms with van der Waals surface area (Å²) in [4.78, 5) is 2.39. The fourth-order valence-corrected chi connectivity index (χ4v) is 3.19. The average Bonchev–Trinajstić information content (AvgIpc) is 2.45. The predicted molar refractivity (Wildman–Crippen MR) is 89.7 cm³/mol. The second-order valence-electron chi connectivity index (χ2n) is 5.91. The first-order chi connectivity index (χ1) is 9.83. The molecule has 1 N–H and O–H groups in total. The summed E-state index contributed by atoms with van der Waals surface area (Å²) in [6, 6.07) is 9.66. The molecule has 2 heteroatoms. The van der Waals surface area contributed by atoms with Crippen LogP contribution in [0.3, 0.4) is 0 Å². The highest BCUT2D eigenvalue weighted by atomic mass is 15.1. The van der Waals surface area contributed by atoms with Crippen LogP contribution in [-0.4, -0.2) is 19.1 Å². The van der Waals surface area contributed by atoms with Gasteiger partial charge in [-0.25, -0.2) is 0 Å². The van der Waals surface area contributed by atoms with Crippen molar-refractivity contribution in [2.75, 3.05) is 23.3 Å². The van der Waals surface area contributed by atoms with Crippen molar-refractivity contribution in [1.29, 1.82) is 0 Å². The van der Waals surface area contributed by atoms with Gasteiger partial charge in [0, 0.05) is 30.5 Å². The van der Waals surface area contributed by atoms with E-state index in [1.165, 1.54) is 56.3 Å². The number of anilines is 2. The lowest BCUT2D eigenvalue weighted by Gasteiger charge is -2.24. The Morgan fingerprint density at radius 2 is 1.45 bits per heavy atom. The highest BCUT2D eigenvalue weighted by Crippen LogP contribution is 2.22. The van der Waals surface area contributed by atoms with Crippen LogP contribution >= 0.6 is 0 Å². The molecule has 20 heavy (non-hydrogen) atoms. The molecule has 1 aliphatic carbocycles. The minimum absolute atomic E-state index is 0.676. The molecule has 1 aromatic rings. The van der Waals surface area contributed by atoms with Gasteiger partial charge < -0.3 is 10.2 Å². The maximum Gasteiger partial charge on any atom is 0.0367 e. The summed E-state index contributed by atoms with van der Waals surface area (Å²) >= 11 is 0. The first-order valence-electron chi connectivity index (χ1n) is 8.45. The third-order valence-corrected chi connectivity index (χ3v) is 4.47. The lowest BCUT2D eigenvalue weighted by molar-refractivity contribution is 0.471. The quantitative estimate of drug-likeness (QED) is 0.807. The van der Waals surface area contributed by atoms with Crippen molar-refractivity contribution in [3.8, 4) is 0 Å². The van der Waals surface area contributed by atoms with Crippen LogP contribution in [0.4, 0.5) is 11.4 Å². The van der Waals surface area contributed by atoms with Crippen molar-refractivity contribution in [3.63, 3.8) is 0 Å². The number of nitrogens with one attached hydrogen (secondary N) is 1. The molecule has 0 bridgehead atoms. The van der Waals surface area contributed by atoms with E-state index in [9.17, 15) is 0 Å². The van der Waals surface area contributed by atoms with E-state index < -0.39 is 0 Å². The molecule has 0 spiro atoms. The van der Waals surface area contributed by atoms with Gasteiger partial charge in [-0.1, -0.05) is 32.1 Å². The molecule has 1 aliphatic rings. The van der Waals surface area contributed by atoms with Gasteiger partial charge in [-0.05, 0) is 51.0 Å². The normalized spacial score (nSPS) is 17.3. The molecule has 1 aromatic carbocycles. The van der Waals surface area contributed by atoms with Crippen molar-refractivity contribution in [1.82, 2.24) is 0 Å². The summed E-state index contributed by atoms with van der Waals surface area (Å²) in [5.74, 6) is 0. The Kier molecular flexibility index (Phi) is 6.23. The maximum atomic E-state index is 3.73. The van der Waals surface area contributed by atoms with E-state index in [1.807, 2.05) is 0 Å². The second kappa shape index (κ2) is 8.18. The molecule has 0 atom stereocenters. The van der Waals surface area contributed by atoms with Gasteiger partial charge in [0.25, 0.3) is 0 Å². The van der Waals surface area contributed by atoms with Crippen LogP contribution in [0.25, 0.3) is 0 Å². The maximum absolute atomic E-state index is 3.73. The van der Waals surface area contributed by atoms with E-state index in [0.29, 0.717) is 6.04 Å². The SMILES string of the molecule is CCN(CC)c1ccc(NC2CCCCCCC2)cc1. The van der Waals surface area contributed by atoms with Crippen LogP contribution < -0.4 is 10.2 Å². The number of rotatable bonds is 5. The van der Waals surface area contributed by atoms with Gasteiger partial charge in [0.05, 0.1) is 0 Å². The van der Waals surface area contributed by atoms with E-state index in [4.69, 9.17) is 0 Å². The zero-order valence-corrected chi connectivity index (χ0v) is 13.2. The first kappa shape index (κ1) is 15.2. The molecule has 0 amide bonds. The van der Waals surface area contributed by atoms with Gasteiger partial charge in [-0.3, -0.25) is 0 Å². The standard InChI is InChI=1S/C18H30N2/c1-3-20(4-2)18-14-12-17(13-15-18)19-16-10-8-6-5-7-9-11-16/h12-16,19H,3-11H2,1-2H3. The zero-order valence-electron chi connectivity index (χ0n) is 13.2. The van der Waals surface area contributed by atoms with Crippen LogP contribution in [0.2, 0.25) is 0 Å². The zero-order chi connectivity index (χ0) is 14.2. The van der Waals surface area contributed by atoms with Crippen LogP contribution in [0.15, 0.2) is 24.3 Å². The van der Waals surface area contributed by atoms with E-state index in [1.54, 1.807) is 0 Å². The second-order valence-corrected chi connectivity index (χ2v) is 5.91. The molecule has 0 saturated heterocycles. The first-order valence-corrected chi connectivity index (χ1v) is 8.45. The van der Waals surface area contributed by atoms with Crippen molar-refractivity contribution in [3.05, 3.63) is 24.3 Å². The fraction of sp³-hybridized carbons (Fsp3) is 0.667. The van der Waals surface area contributed by atoms with Crippen LogP contribution in [-0.2, 0) is 0 Å². The minimum Gasteiger partial charge on any atom is -0.382 e. The lowest BCUT2D eigenvalue weighted by Crippen LogP contribution is -2.22. The Balaban J connectivity index is 1.92. The largest absolute Gasteiger partial charge is 0.382 e. The predicted octanol–water partition coefficient (Wildman–Crippen LogP) is 5.06. The van der Waals surface area contributed by atoms with Gasteiger partial charge in [0.2, 0.25) is 0 Å². The summed E-state index contributed by atoms with van der Waals surface area (Å²) in [6.07, 6.45) is 9.70. The molecule has 1 saturated carbocycles. The number of hydrogen-bond acceptors (Lipinski definition) is 2. The Hall–Kier alpha value is -1.18. The molecule has 0 aromatic heterocycles. The van der Waals surface area contributed by atoms with E-state index >= 15 is 0 Å². The van der Waals surface area contributed by atoms with Gasteiger partial charge in [-0.2, -0.15) is 0 Å². The van der Waals surface area contributed by atoms with Gasteiger partial charge in [0.1, 0.15) is 0 Å². The summed E-state index contributed by atoms with van der Waals surface area (Å²) in [5, 5.41) is 3.73. The Bertz CT molecular complexity index is 360. The lowest BCUT2D eigenvalue weighted by atomic mass is 9.96. The number of hydrogen-bond donors (Lipinski definition) is 1. The van der Waals surface area contributed by atoms with Gasteiger partial charge >= 0.3 is 0 Å². The molecule has 0 radical (unpaired) electrons. The summed E-state index contributed by atoms with van der Waals surface area (Å²) in [6.45, 7) is 6.58. The third kappa shape index (κ3) is 4.43. The van der Waals surface area contributed by atoms with Crippen LogP contribution in [0.1, 0.15) is 58.8 Å². The van der Waals surface area contributed by atoms with Crippen molar-refractivity contribution in [2.45, 2.75) is 64.8 Å². The van der Waals surface area contributed by atoms with Crippen LogP contribution in [0, 0.1) is 0 Å². The molecular weight excluding hydrogens is 244 g/mol. The molecule has 0 aliphatic heterocycles. The number of benzene rings is 1. The molecule has 1 fully saturated rings. The van der Waals surface area contributed by atoms with Gasteiger partial charge in [-0.15, -0.1) is 0 Å². The number of nitrogens with zero attached hydrogens (tertiary/aromatic N) is 1. The summed E-state index contributed by atoms with van der Waals surface area (Å²) in [5.41, 5.74) is 2.62. The molecule has 112 valence electrons. The monoisotopic (exact) mass is 274 g/mol. The Morgan fingerprint density at radius 3 is 2.00 bits per heavy atom. The van der Waals surface area contributed by atoms with Crippen molar-refractivity contribution < 1.29 is 0 Å².